The normalized spacial score (nSPS) is 10.5. The number of aromatic nitrogens is 2. The Hall–Kier alpha value is -2.34. The number of benzene rings is 1. The summed E-state index contributed by atoms with van der Waals surface area (Å²) >= 11 is 0. The Bertz CT molecular complexity index is 598. The van der Waals surface area contributed by atoms with Crippen LogP contribution in [0.2, 0.25) is 0 Å². The molecule has 0 saturated carbocycles. The van der Waals surface area contributed by atoms with Gasteiger partial charge in [0.05, 0.1) is 25.6 Å². The zero-order valence-corrected chi connectivity index (χ0v) is 13.4. The number of aliphatic hydroxyl groups is 1. The first-order valence-corrected chi connectivity index (χ1v) is 7.73. The maximum absolute atomic E-state index is 11.9. The van der Waals surface area contributed by atoms with E-state index in [4.69, 9.17) is 9.84 Å². The standard InChI is InChI=1S/C17H23N3O3/c1-23-17(22)20(12-14-7-3-2-4-8-14)10-6-5-9-16-18-11-15(13-21)19-16/h2-4,7-8,11,21H,5-6,9-10,12-13H2,1H3,(H,18,19). The molecule has 0 spiro atoms. The molecule has 0 bridgehead atoms. The number of amides is 1. The number of imidazole rings is 1. The Morgan fingerprint density at radius 3 is 2.74 bits per heavy atom. The molecule has 1 heterocycles. The first-order chi connectivity index (χ1) is 11.2. The van der Waals surface area contributed by atoms with Gasteiger partial charge in [-0.05, 0) is 18.4 Å². The maximum atomic E-state index is 11.9. The smallest absolute Gasteiger partial charge is 0.409 e. The fourth-order valence-electron chi connectivity index (χ4n) is 2.38. The van der Waals surface area contributed by atoms with E-state index in [1.807, 2.05) is 30.3 Å². The first kappa shape index (κ1) is 17.0. The van der Waals surface area contributed by atoms with Gasteiger partial charge in [-0.3, -0.25) is 0 Å². The number of aliphatic hydroxyl groups excluding tert-OH is 1. The molecule has 6 heteroatoms. The van der Waals surface area contributed by atoms with Crippen LogP contribution in [0.5, 0.6) is 0 Å². The highest BCUT2D eigenvalue weighted by atomic mass is 16.5. The molecule has 0 aliphatic heterocycles. The molecule has 0 saturated heterocycles. The second-order valence-electron chi connectivity index (χ2n) is 5.35. The van der Waals surface area contributed by atoms with E-state index in [2.05, 4.69) is 9.97 Å². The van der Waals surface area contributed by atoms with Crippen LogP contribution in [-0.4, -0.2) is 39.7 Å². The molecule has 6 nitrogen and oxygen atoms in total. The van der Waals surface area contributed by atoms with Crippen molar-refractivity contribution >= 4 is 6.09 Å². The van der Waals surface area contributed by atoms with Crippen LogP contribution in [0, 0.1) is 0 Å². The number of aromatic amines is 1. The lowest BCUT2D eigenvalue weighted by atomic mass is 10.2. The number of rotatable bonds is 8. The van der Waals surface area contributed by atoms with Crippen LogP contribution in [0.3, 0.4) is 0 Å². The SMILES string of the molecule is COC(=O)N(CCCCc1ncc(CO)[nH]1)Cc1ccccc1. The number of carbonyl (C=O) groups is 1. The number of H-pyrrole nitrogens is 1. The van der Waals surface area contributed by atoms with Gasteiger partial charge in [0.1, 0.15) is 5.82 Å². The molecule has 2 N–H and O–H groups in total. The minimum absolute atomic E-state index is 0.0276. The van der Waals surface area contributed by atoms with Crippen molar-refractivity contribution in [2.75, 3.05) is 13.7 Å². The molecule has 0 aliphatic rings. The summed E-state index contributed by atoms with van der Waals surface area (Å²) in [5.41, 5.74) is 1.80. The van der Waals surface area contributed by atoms with Gasteiger partial charge >= 0.3 is 6.09 Å². The van der Waals surface area contributed by atoms with Gasteiger partial charge in [-0.2, -0.15) is 0 Å². The van der Waals surface area contributed by atoms with Crippen molar-refractivity contribution in [1.29, 1.82) is 0 Å². The third-order valence-electron chi connectivity index (χ3n) is 3.59. The monoisotopic (exact) mass is 317 g/mol. The molecule has 1 aromatic heterocycles. The summed E-state index contributed by atoms with van der Waals surface area (Å²) in [5.74, 6) is 0.863. The van der Waals surface area contributed by atoms with Crippen molar-refractivity contribution < 1.29 is 14.6 Å². The van der Waals surface area contributed by atoms with Crippen LogP contribution in [0.1, 0.15) is 29.9 Å². The summed E-state index contributed by atoms with van der Waals surface area (Å²) in [6.45, 7) is 1.15. The lowest BCUT2D eigenvalue weighted by molar-refractivity contribution is 0.120. The summed E-state index contributed by atoms with van der Waals surface area (Å²) < 4.78 is 4.86. The minimum atomic E-state index is -0.311. The number of hydrogen-bond donors (Lipinski definition) is 2. The number of ether oxygens (including phenoxy) is 1. The number of carbonyl (C=O) groups excluding carboxylic acids is 1. The second-order valence-corrected chi connectivity index (χ2v) is 5.35. The molecule has 124 valence electrons. The van der Waals surface area contributed by atoms with Crippen LogP contribution in [0.4, 0.5) is 4.79 Å². The molecule has 1 amide bonds. The lowest BCUT2D eigenvalue weighted by Crippen LogP contribution is -2.31. The molecular formula is C17H23N3O3. The largest absolute Gasteiger partial charge is 0.453 e. The summed E-state index contributed by atoms with van der Waals surface area (Å²) in [5, 5.41) is 8.99. The number of aryl methyl sites for hydroxylation is 1. The number of unbranched alkanes of at least 4 members (excludes halogenated alkanes) is 1. The lowest BCUT2D eigenvalue weighted by Gasteiger charge is -2.21. The molecule has 2 rings (SSSR count). The van der Waals surface area contributed by atoms with Crippen LogP contribution in [-0.2, 0) is 24.3 Å². The third kappa shape index (κ3) is 5.41. The van der Waals surface area contributed by atoms with Gasteiger partial charge in [0.25, 0.3) is 0 Å². The van der Waals surface area contributed by atoms with Crippen molar-refractivity contribution in [3.8, 4) is 0 Å². The van der Waals surface area contributed by atoms with Crippen LogP contribution in [0.25, 0.3) is 0 Å². The van der Waals surface area contributed by atoms with E-state index in [0.717, 1.165) is 36.3 Å². The van der Waals surface area contributed by atoms with E-state index in [0.29, 0.717) is 13.1 Å². The van der Waals surface area contributed by atoms with Gasteiger partial charge in [-0.1, -0.05) is 30.3 Å². The molecule has 0 radical (unpaired) electrons. The second kappa shape index (κ2) is 8.95. The van der Waals surface area contributed by atoms with Gasteiger partial charge in [0.2, 0.25) is 0 Å². The average molecular weight is 317 g/mol. The molecule has 23 heavy (non-hydrogen) atoms. The minimum Gasteiger partial charge on any atom is -0.453 e. The molecule has 0 unspecified atom stereocenters. The van der Waals surface area contributed by atoms with Crippen LogP contribution in [0.15, 0.2) is 36.5 Å². The zero-order chi connectivity index (χ0) is 16.5. The maximum Gasteiger partial charge on any atom is 0.409 e. The van der Waals surface area contributed by atoms with Crippen molar-refractivity contribution in [3.05, 3.63) is 53.6 Å². The summed E-state index contributed by atoms with van der Waals surface area (Å²) in [4.78, 5) is 20.8. The van der Waals surface area contributed by atoms with E-state index in [1.54, 1.807) is 11.1 Å². The Morgan fingerprint density at radius 2 is 2.09 bits per heavy atom. The Labute approximate surface area is 136 Å². The highest BCUT2D eigenvalue weighted by Crippen LogP contribution is 2.09. The molecule has 2 aromatic rings. The zero-order valence-electron chi connectivity index (χ0n) is 13.4. The van der Waals surface area contributed by atoms with Crippen LogP contribution >= 0.6 is 0 Å². The Kier molecular flexibility index (Phi) is 6.62. The van der Waals surface area contributed by atoms with E-state index < -0.39 is 0 Å². The van der Waals surface area contributed by atoms with Gasteiger partial charge in [-0.25, -0.2) is 9.78 Å². The van der Waals surface area contributed by atoms with E-state index in [-0.39, 0.29) is 12.7 Å². The third-order valence-corrected chi connectivity index (χ3v) is 3.59. The summed E-state index contributed by atoms with van der Waals surface area (Å²) in [6.07, 6.45) is 3.89. The highest BCUT2D eigenvalue weighted by molar-refractivity contribution is 5.67. The van der Waals surface area contributed by atoms with Gasteiger partial charge in [0.15, 0.2) is 0 Å². The number of methoxy groups -OCH3 is 1. The van der Waals surface area contributed by atoms with E-state index in [1.165, 1.54) is 7.11 Å². The van der Waals surface area contributed by atoms with E-state index >= 15 is 0 Å². The van der Waals surface area contributed by atoms with Crippen molar-refractivity contribution in [2.45, 2.75) is 32.4 Å². The van der Waals surface area contributed by atoms with Gasteiger partial charge in [-0.15, -0.1) is 0 Å². The molecule has 0 aliphatic carbocycles. The first-order valence-electron chi connectivity index (χ1n) is 7.73. The number of hydrogen-bond acceptors (Lipinski definition) is 4. The van der Waals surface area contributed by atoms with Crippen molar-refractivity contribution in [1.82, 2.24) is 14.9 Å². The average Bonchev–Trinajstić information content (AvgIpc) is 3.06. The van der Waals surface area contributed by atoms with E-state index in [9.17, 15) is 4.79 Å². The Morgan fingerprint density at radius 1 is 1.30 bits per heavy atom. The van der Waals surface area contributed by atoms with Gasteiger partial charge < -0.3 is 19.7 Å². The number of nitrogens with one attached hydrogen (secondary N) is 1. The summed E-state index contributed by atoms with van der Waals surface area (Å²) in [7, 11) is 1.40. The predicted molar refractivity (Wildman–Crippen MR) is 86.7 cm³/mol. The molecule has 1 aromatic carbocycles. The molecule has 0 fully saturated rings. The van der Waals surface area contributed by atoms with Crippen molar-refractivity contribution in [2.24, 2.45) is 0 Å². The van der Waals surface area contributed by atoms with Crippen molar-refractivity contribution in [3.63, 3.8) is 0 Å². The fourth-order valence-corrected chi connectivity index (χ4v) is 2.38. The summed E-state index contributed by atoms with van der Waals surface area (Å²) in [6, 6.07) is 9.86. The highest BCUT2D eigenvalue weighted by Gasteiger charge is 2.13. The Balaban J connectivity index is 1.80. The quantitative estimate of drug-likeness (QED) is 0.733. The predicted octanol–water partition coefficient (Wildman–Crippen LogP) is 2.49. The van der Waals surface area contributed by atoms with Crippen LogP contribution < -0.4 is 0 Å². The fraction of sp³-hybridized carbons (Fsp3) is 0.412. The molecule has 0 atom stereocenters. The number of nitrogens with zero attached hydrogens (tertiary/aromatic N) is 2. The topological polar surface area (TPSA) is 78.4 Å². The molecular weight excluding hydrogens is 294 g/mol. The van der Waals surface area contributed by atoms with Gasteiger partial charge in [0, 0.05) is 19.5 Å².